The third-order valence-electron chi connectivity index (χ3n) is 3.21. The average Bonchev–Trinajstić information content (AvgIpc) is 2.41. The van der Waals surface area contributed by atoms with Crippen molar-refractivity contribution in [2.75, 3.05) is 5.88 Å². The van der Waals surface area contributed by atoms with Crippen molar-refractivity contribution >= 4 is 11.6 Å². The molecule has 2 rings (SSSR count). The second kappa shape index (κ2) is 6.16. The summed E-state index contributed by atoms with van der Waals surface area (Å²) in [4.78, 5) is 0. The molecule has 0 N–H and O–H groups in total. The lowest BCUT2D eigenvalue weighted by Crippen LogP contribution is -2.06. The van der Waals surface area contributed by atoms with Crippen LogP contribution < -0.4 is 0 Å². The van der Waals surface area contributed by atoms with Gasteiger partial charge in [-0.25, -0.2) is 8.78 Å². The summed E-state index contributed by atoms with van der Waals surface area (Å²) in [6.45, 7) is 2.01. The molecule has 0 aliphatic rings. The topological polar surface area (TPSA) is 0 Å². The Labute approximate surface area is 117 Å². The van der Waals surface area contributed by atoms with Gasteiger partial charge in [-0.1, -0.05) is 29.8 Å². The molecule has 1 atom stereocenters. The van der Waals surface area contributed by atoms with E-state index in [1.165, 1.54) is 6.07 Å². The lowest BCUT2D eigenvalue weighted by Gasteiger charge is -2.15. The van der Waals surface area contributed by atoms with Gasteiger partial charge < -0.3 is 0 Å². The molecule has 0 bridgehead atoms. The van der Waals surface area contributed by atoms with Crippen LogP contribution in [0.2, 0.25) is 0 Å². The van der Waals surface area contributed by atoms with Gasteiger partial charge in [-0.2, -0.15) is 0 Å². The second-order valence-corrected chi connectivity index (χ2v) is 5.01. The predicted molar refractivity (Wildman–Crippen MR) is 74.7 cm³/mol. The molecule has 100 valence electrons. The van der Waals surface area contributed by atoms with Crippen molar-refractivity contribution in [3.63, 3.8) is 0 Å². The molecule has 0 aliphatic heterocycles. The van der Waals surface area contributed by atoms with Crippen LogP contribution in [-0.4, -0.2) is 5.88 Å². The van der Waals surface area contributed by atoms with E-state index in [1.807, 2.05) is 31.2 Å². The Kier molecular flexibility index (Phi) is 4.54. The van der Waals surface area contributed by atoms with E-state index in [2.05, 4.69) is 0 Å². The molecule has 0 saturated carbocycles. The highest BCUT2D eigenvalue weighted by Gasteiger charge is 2.14. The molecule has 0 radical (unpaired) electrons. The lowest BCUT2D eigenvalue weighted by atomic mass is 9.93. The van der Waals surface area contributed by atoms with Gasteiger partial charge in [-0.15, -0.1) is 11.6 Å². The highest BCUT2D eigenvalue weighted by molar-refractivity contribution is 6.18. The van der Waals surface area contributed by atoms with E-state index in [9.17, 15) is 8.78 Å². The van der Waals surface area contributed by atoms with Gasteiger partial charge in [-0.3, -0.25) is 0 Å². The van der Waals surface area contributed by atoms with Crippen molar-refractivity contribution in [2.45, 2.75) is 19.3 Å². The summed E-state index contributed by atoms with van der Waals surface area (Å²) in [7, 11) is 0. The molecule has 2 aromatic carbocycles. The summed E-state index contributed by atoms with van der Waals surface area (Å²) in [5.74, 6) is -0.449. The molecule has 0 spiro atoms. The van der Waals surface area contributed by atoms with Gasteiger partial charge in [0.05, 0.1) is 0 Å². The average molecular weight is 281 g/mol. The third kappa shape index (κ3) is 3.54. The maximum atomic E-state index is 13.6. The summed E-state index contributed by atoms with van der Waals surface area (Å²) in [5, 5.41) is 0. The highest BCUT2D eigenvalue weighted by atomic mass is 35.5. The van der Waals surface area contributed by atoms with Crippen LogP contribution in [0.25, 0.3) is 0 Å². The normalized spacial score (nSPS) is 12.4. The van der Waals surface area contributed by atoms with Crippen LogP contribution in [0.3, 0.4) is 0 Å². The summed E-state index contributed by atoms with van der Waals surface area (Å²) >= 11 is 5.97. The summed E-state index contributed by atoms with van der Waals surface area (Å²) in [6, 6.07) is 11.5. The van der Waals surface area contributed by atoms with Crippen LogP contribution in [-0.2, 0) is 6.42 Å². The zero-order valence-electron chi connectivity index (χ0n) is 10.7. The van der Waals surface area contributed by atoms with Crippen molar-refractivity contribution in [3.05, 3.63) is 70.8 Å². The summed E-state index contributed by atoms with van der Waals surface area (Å²) in [6.07, 6.45) is 0.399. The van der Waals surface area contributed by atoms with Gasteiger partial charge in [0.1, 0.15) is 11.6 Å². The molecule has 0 nitrogen and oxygen atoms in total. The fourth-order valence-corrected chi connectivity index (χ4v) is 2.35. The van der Waals surface area contributed by atoms with E-state index in [-0.39, 0.29) is 11.7 Å². The fraction of sp³-hybridized carbons (Fsp3) is 0.250. The Morgan fingerprint density at radius 3 is 2.37 bits per heavy atom. The Balaban J connectivity index is 2.23. The lowest BCUT2D eigenvalue weighted by molar-refractivity contribution is 0.576. The quantitative estimate of drug-likeness (QED) is 0.703. The van der Waals surface area contributed by atoms with Crippen LogP contribution >= 0.6 is 11.6 Å². The van der Waals surface area contributed by atoms with E-state index in [1.54, 1.807) is 0 Å². The van der Waals surface area contributed by atoms with Crippen molar-refractivity contribution in [1.29, 1.82) is 0 Å². The van der Waals surface area contributed by atoms with Gasteiger partial charge in [0.25, 0.3) is 0 Å². The number of aryl methyl sites for hydroxylation is 1. The van der Waals surface area contributed by atoms with Gasteiger partial charge >= 0.3 is 0 Å². The van der Waals surface area contributed by atoms with Crippen molar-refractivity contribution in [2.24, 2.45) is 0 Å². The SMILES string of the molecule is Cc1ccc(C(CCl)Cc2cc(F)ccc2F)cc1. The van der Waals surface area contributed by atoms with E-state index < -0.39 is 5.82 Å². The largest absolute Gasteiger partial charge is 0.207 e. The molecule has 1 unspecified atom stereocenters. The van der Waals surface area contributed by atoms with Crippen LogP contribution in [0.15, 0.2) is 42.5 Å². The highest BCUT2D eigenvalue weighted by Crippen LogP contribution is 2.24. The molecule has 0 fully saturated rings. The summed E-state index contributed by atoms with van der Waals surface area (Å²) in [5.41, 5.74) is 2.57. The van der Waals surface area contributed by atoms with E-state index in [0.717, 1.165) is 23.3 Å². The Bertz CT molecular complexity index is 549. The van der Waals surface area contributed by atoms with Crippen LogP contribution in [0.1, 0.15) is 22.6 Å². The third-order valence-corrected chi connectivity index (χ3v) is 3.58. The van der Waals surface area contributed by atoms with Crippen LogP contribution in [0.5, 0.6) is 0 Å². The number of hydrogen-bond donors (Lipinski definition) is 0. The van der Waals surface area contributed by atoms with Gasteiger partial charge in [-0.05, 0) is 42.7 Å². The Morgan fingerprint density at radius 2 is 1.74 bits per heavy atom. The fourth-order valence-electron chi connectivity index (χ4n) is 2.07. The van der Waals surface area contributed by atoms with Gasteiger partial charge in [0.2, 0.25) is 0 Å². The molecule has 0 heterocycles. The van der Waals surface area contributed by atoms with Gasteiger partial charge in [0.15, 0.2) is 0 Å². The number of benzene rings is 2. The molecule has 2 aromatic rings. The molecule has 0 aromatic heterocycles. The minimum atomic E-state index is -0.423. The zero-order chi connectivity index (χ0) is 13.8. The maximum Gasteiger partial charge on any atom is 0.126 e. The minimum Gasteiger partial charge on any atom is -0.207 e. The summed E-state index contributed by atoms with van der Waals surface area (Å²) < 4.78 is 26.8. The first kappa shape index (κ1) is 14.0. The smallest absolute Gasteiger partial charge is 0.126 e. The van der Waals surface area contributed by atoms with E-state index in [4.69, 9.17) is 11.6 Å². The molecular weight excluding hydrogens is 266 g/mol. The molecular formula is C16H15ClF2. The van der Waals surface area contributed by atoms with Crippen molar-refractivity contribution < 1.29 is 8.78 Å². The monoisotopic (exact) mass is 280 g/mol. The van der Waals surface area contributed by atoms with Crippen LogP contribution in [0, 0.1) is 18.6 Å². The first-order chi connectivity index (χ1) is 9.10. The van der Waals surface area contributed by atoms with E-state index in [0.29, 0.717) is 17.9 Å². The zero-order valence-corrected chi connectivity index (χ0v) is 11.4. The van der Waals surface area contributed by atoms with Crippen molar-refractivity contribution in [3.8, 4) is 0 Å². The molecule has 19 heavy (non-hydrogen) atoms. The predicted octanol–water partition coefficient (Wildman–Crippen LogP) is 4.84. The standard InChI is InChI=1S/C16H15ClF2/c1-11-2-4-12(5-3-11)14(10-17)8-13-9-15(18)6-7-16(13)19/h2-7,9,14H,8,10H2,1H3. The first-order valence-electron chi connectivity index (χ1n) is 6.16. The van der Waals surface area contributed by atoms with Gasteiger partial charge in [0, 0.05) is 11.8 Å². The second-order valence-electron chi connectivity index (χ2n) is 4.70. The maximum absolute atomic E-state index is 13.6. The molecule has 0 saturated heterocycles. The van der Waals surface area contributed by atoms with Crippen molar-refractivity contribution in [1.82, 2.24) is 0 Å². The van der Waals surface area contributed by atoms with Crippen LogP contribution in [0.4, 0.5) is 8.78 Å². The number of rotatable bonds is 4. The molecule has 0 aliphatic carbocycles. The Morgan fingerprint density at radius 1 is 1.05 bits per heavy atom. The van der Waals surface area contributed by atoms with E-state index >= 15 is 0 Å². The molecule has 3 heteroatoms. The number of halogens is 3. The first-order valence-corrected chi connectivity index (χ1v) is 6.70. The number of alkyl halides is 1. The minimum absolute atomic E-state index is 0.0152. The molecule has 0 amide bonds. The Hall–Kier alpha value is -1.41. The number of hydrogen-bond acceptors (Lipinski definition) is 0.